The van der Waals surface area contributed by atoms with Crippen molar-refractivity contribution in [2.75, 3.05) is 26.3 Å². The number of rotatable bonds is 6. The van der Waals surface area contributed by atoms with Crippen LogP contribution in [-0.4, -0.2) is 55.1 Å². The summed E-state index contributed by atoms with van der Waals surface area (Å²) in [4.78, 5) is 48.6. The number of piperidine rings is 1. The first-order valence-electron chi connectivity index (χ1n) is 9.15. The highest BCUT2D eigenvalue weighted by Crippen LogP contribution is 2.19. The molecule has 0 radical (unpaired) electrons. The van der Waals surface area contributed by atoms with Gasteiger partial charge in [0, 0.05) is 19.2 Å². The summed E-state index contributed by atoms with van der Waals surface area (Å²) >= 11 is 0. The SMILES string of the molecule is CCOC(=O)NC(=O)COC(=O)C1CCN(C(=O)/C=C/c2ccccc2)CC1. The fourth-order valence-corrected chi connectivity index (χ4v) is 2.74. The Morgan fingerprint density at radius 1 is 1.11 bits per heavy atom. The molecule has 3 amide bonds. The molecule has 0 aliphatic carbocycles. The fraction of sp³-hybridized carbons (Fsp3) is 0.400. The van der Waals surface area contributed by atoms with Gasteiger partial charge in [-0.1, -0.05) is 30.3 Å². The summed E-state index contributed by atoms with van der Waals surface area (Å²) in [6, 6.07) is 9.51. The third kappa shape index (κ3) is 6.86. The molecule has 1 aliphatic heterocycles. The van der Waals surface area contributed by atoms with Crippen LogP contribution >= 0.6 is 0 Å². The zero-order valence-corrected chi connectivity index (χ0v) is 15.8. The number of ether oxygens (including phenoxy) is 2. The molecule has 1 fully saturated rings. The average Bonchev–Trinajstić information content (AvgIpc) is 2.71. The summed E-state index contributed by atoms with van der Waals surface area (Å²) in [7, 11) is 0. The van der Waals surface area contributed by atoms with Crippen molar-refractivity contribution in [1.82, 2.24) is 10.2 Å². The first kappa shape index (κ1) is 21.1. The van der Waals surface area contributed by atoms with Gasteiger partial charge >= 0.3 is 12.1 Å². The molecule has 0 unspecified atom stereocenters. The van der Waals surface area contributed by atoms with E-state index < -0.39 is 24.6 Å². The smallest absolute Gasteiger partial charge is 0.413 e. The number of hydrogen-bond acceptors (Lipinski definition) is 6. The molecular weight excluding hydrogens is 364 g/mol. The van der Waals surface area contributed by atoms with Crippen LogP contribution in [0.2, 0.25) is 0 Å². The lowest BCUT2D eigenvalue weighted by Crippen LogP contribution is -2.40. The van der Waals surface area contributed by atoms with Gasteiger partial charge in [-0.25, -0.2) is 4.79 Å². The van der Waals surface area contributed by atoms with Crippen LogP contribution in [0.4, 0.5) is 4.79 Å². The van der Waals surface area contributed by atoms with E-state index in [1.165, 1.54) is 6.08 Å². The molecule has 1 saturated heterocycles. The largest absolute Gasteiger partial charge is 0.455 e. The normalized spacial score (nSPS) is 14.5. The van der Waals surface area contributed by atoms with Gasteiger partial charge in [-0.3, -0.25) is 19.7 Å². The van der Waals surface area contributed by atoms with Crippen LogP contribution in [0.5, 0.6) is 0 Å². The Bertz CT molecular complexity index is 723. The van der Waals surface area contributed by atoms with Gasteiger partial charge in [0.25, 0.3) is 5.91 Å². The first-order valence-corrected chi connectivity index (χ1v) is 9.15. The van der Waals surface area contributed by atoms with Gasteiger partial charge in [0.1, 0.15) is 0 Å². The molecule has 0 atom stereocenters. The van der Waals surface area contributed by atoms with Crippen molar-refractivity contribution in [3.8, 4) is 0 Å². The van der Waals surface area contributed by atoms with E-state index in [0.717, 1.165) is 5.56 Å². The summed E-state index contributed by atoms with van der Waals surface area (Å²) in [5, 5.41) is 1.95. The van der Waals surface area contributed by atoms with E-state index in [1.807, 2.05) is 35.6 Å². The van der Waals surface area contributed by atoms with E-state index in [1.54, 1.807) is 17.9 Å². The zero-order valence-electron chi connectivity index (χ0n) is 15.8. The Morgan fingerprint density at radius 3 is 2.43 bits per heavy atom. The number of carbonyl (C=O) groups excluding carboxylic acids is 4. The minimum absolute atomic E-state index is 0.107. The molecule has 150 valence electrons. The fourth-order valence-electron chi connectivity index (χ4n) is 2.74. The Morgan fingerprint density at radius 2 is 1.79 bits per heavy atom. The first-order chi connectivity index (χ1) is 13.5. The second kappa shape index (κ2) is 10.9. The van der Waals surface area contributed by atoms with Crippen LogP contribution < -0.4 is 5.32 Å². The van der Waals surface area contributed by atoms with E-state index in [0.29, 0.717) is 25.9 Å². The number of hydrogen-bond donors (Lipinski definition) is 1. The lowest BCUT2D eigenvalue weighted by molar-refractivity contribution is -0.154. The number of nitrogens with zero attached hydrogens (tertiary/aromatic N) is 1. The van der Waals surface area contributed by atoms with Crippen LogP contribution in [0.25, 0.3) is 6.08 Å². The Labute approximate surface area is 163 Å². The van der Waals surface area contributed by atoms with Gasteiger partial charge in [0.05, 0.1) is 12.5 Å². The van der Waals surface area contributed by atoms with E-state index in [9.17, 15) is 19.2 Å². The van der Waals surface area contributed by atoms with Gasteiger partial charge in [-0.15, -0.1) is 0 Å². The summed E-state index contributed by atoms with van der Waals surface area (Å²) in [5.41, 5.74) is 0.940. The van der Waals surface area contributed by atoms with E-state index in [-0.39, 0.29) is 18.4 Å². The van der Waals surface area contributed by atoms with Crippen molar-refractivity contribution >= 4 is 30.0 Å². The average molecular weight is 388 g/mol. The second-order valence-corrected chi connectivity index (χ2v) is 6.22. The maximum Gasteiger partial charge on any atom is 0.413 e. The zero-order chi connectivity index (χ0) is 20.4. The molecule has 0 bridgehead atoms. The summed E-state index contributed by atoms with van der Waals surface area (Å²) in [6.07, 6.45) is 3.32. The quantitative estimate of drug-likeness (QED) is 0.588. The minimum Gasteiger partial charge on any atom is -0.455 e. The van der Waals surface area contributed by atoms with Gasteiger partial charge in [0.2, 0.25) is 5.91 Å². The standard InChI is InChI=1S/C20H24N2O6/c1-2-27-20(26)21-17(23)14-28-19(25)16-10-12-22(13-11-16)18(24)9-8-15-6-4-3-5-7-15/h3-9,16H,2,10-14H2,1H3,(H,21,23,26)/b9-8+. The van der Waals surface area contributed by atoms with Gasteiger partial charge in [-0.2, -0.15) is 0 Å². The van der Waals surface area contributed by atoms with Gasteiger partial charge in [0.15, 0.2) is 6.61 Å². The molecule has 1 aliphatic rings. The highest BCUT2D eigenvalue weighted by atomic mass is 16.6. The highest BCUT2D eigenvalue weighted by Gasteiger charge is 2.28. The molecule has 1 N–H and O–H groups in total. The van der Waals surface area contributed by atoms with Crippen molar-refractivity contribution in [2.24, 2.45) is 5.92 Å². The maximum atomic E-state index is 12.2. The highest BCUT2D eigenvalue weighted by molar-refractivity contribution is 5.93. The number of imide groups is 1. The third-order valence-electron chi connectivity index (χ3n) is 4.22. The molecule has 0 saturated carbocycles. The molecule has 8 heteroatoms. The van der Waals surface area contributed by atoms with E-state index in [4.69, 9.17) is 4.74 Å². The molecule has 8 nitrogen and oxygen atoms in total. The third-order valence-corrected chi connectivity index (χ3v) is 4.22. The molecule has 1 aromatic carbocycles. The number of esters is 1. The van der Waals surface area contributed by atoms with Crippen molar-refractivity contribution < 1.29 is 28.7 Å². The van der Waals surface area contributed by atoms with E-state index >= 15 is 0 Å². The van der Waals surface area contributed by atoms with Crippen LogP contribution in [0, 0.1) is 5.92 Å². The van der Waals surface area contributed by atoms with Crippen LogP contribution in [0.3, 0.4) is 0 Å². The van der Waals surface area contributed by atoms with Crippen molar-refractivity contribution in [2.45, 2.75) is 19.8 Å². The lowest BCUT2D eigenvalue weighted by Gasteiger charge is -2.30. The Hall–Kier alpha value is -3.16. The number of amides is 3. The number of likely N-dealkylation sites (tertiary alicyclic amines) is 1. The van der Waals surface area contributed by atoms with Crippen LogP contribution in [0.15, 0.2) is 36.4 Å². The molecular formula is C20H24N2O6. The molecule has 1 aromatic rings. The monoisotopic (exact) mass is 388 g/mol. The van der Waals surface area contributed by atoms with Crippen LogP contribution in [-0.2, 0) is 23.9 Å². The molecule has 1 heterocycles. The number of nitrogens with one attached hydrogen (secondary N) is 1. The van der Waals surface area contributed by atoms with Crippen molar-refractivity contribution in [1.29, 1.82) is 0 Å². The molecule has 2 rings (SSSR count). The van der Waals surface area contributed by atoms with Gasteiger partial charge in [-0.05, 0) is 31.4 Å². The molecule has 28 heavy (non-hydrogen) atoms. The summed E-state index contributed by atoms with van der Waals surface area (Å²) < 4.78 is 9.51. The Kier molecular flexibility index (Phi) is 8.20. The minimum atomic E-state index is -0.876. The van der Waals surface area contributed by atoms with Crippen molar-refractivity contribution in [3.05, 3.63) is 42.0 Å². The molecule has 0 spiro atoms. The summed E-state index contributed by atoms with van der Waals surface area (Å²) in [5.74, 6) is -1.74. The maximum absolute atomic E-state index is 12.2. The Balaban J connectivity index is 1.71. The molecule has 0 aromatic heterocycles. The summed E-state index contributed by atoms with van der Waals surface area (Å²) in [6.45, 7) is 2.07. The second-order valence-electron chi connectivity index (χ2n) is 6.22. The van der Waals surface area contributed by atoms with Crippen molar-refractivity contribution in [3.63, 3.8) is 0 Å². The number of carbonyl (C=O) groups is 4. The lowest BCUT2D eigenvalue weighted by atomic mass is 9.97. The number of benzene rings is 1. The predicted octanol–water partition coefficient (Wildman–Crippen LogP) is 1.75. The van der Waals surface area contributed by atoms with E-state index in [2.05, 4.69) is 4.74 Å². The number of alkyl carbamates (subject to hydrolysis) is 1. The topological polar surface area (TPSA) is 102 Å². The predicted molar refractivity (Wildman–Crippen MR) is 101 cm³/mol. The van der Waals surface area contributed by atoms with Gasteiger partial charge < -0.3 is 14.4 Å². The van der Waals surface area contributed by atoms with Crippen LogP contribution in [0.1, 0.15) is 25.3 Å².